The first kappa shape index (κ1) is 13.6. The van der Waals surface area contributed by atoms with Crippen LogP contribution >= 0.6 is 11.8 Å². The summed E-state index contributed by atoms with van der Waals surface area (Å²) in [5.41, 5.74) is -0.0158. The van der Waals surface area contributed by atoms with E-state index in [2.05, 4.69) is 5.10 Å². The van der Waals surface area contributed by atoms with Gasteiger partial charge in [0.25, 0.3) is 0 Å². The summed E-state index contributed by atoms with van der Waals surface area (Å²) >= 11 is 1.38. The minimum atomic E-state index is -0.418. The van der Waals surface area contributed by atoms with Crippen LogP contribution < -0.4 is 10.3 Å². The lowest BCUT2D eigenvalue weighted by atomic mass is 10.3. The van der Waals surface area contributed by atoms with Crippen LogP contribution in [0.5, 0.6) is 5.75 Å². The van der Waals surface area contributed by atoms with E-state index in [9.17, 15) is 9.18 Å². The molecule has 1 aromatic carbocycles. The molecule has 0 amide bonds. The van der Waals surface area contributed by atoms with E-state index in [1.807, 2.05) is 6.26 Å². The summed E-state index contributed by atoms with van der Waals surface area (Å²) in [7, 11) is 0. The summed E-state index contributed by atoms with van der Waals surface area (Å²) in [6.45, 7) is 2.19. The molecule has 0 spiro atoms. The molecule has 0 radical (unpaired) electrons. The molecular weight excluding hydrogens is 267 g/mol. The zero-order chi connectivity index (χ0) is 13.8. The number of hydrogen-bond donors (Lipinski definition) is 0. The molecule has 0 saturated heterocycles. The SMILES string of the molecule is CCOc1c(SC)cnn(-c2cccc(F)c2)c1=O. The summed E-state index contributed by atoms with van der Waals surface area (Å²) in [5.74, 6) is -0.174. The molecular formula is C13H13FN2O2S. The predicted octanol–water partition coefficient (Wildman–Crippen LogP) is 2.49. The Kier molecular flexibility index (Phi) is 4.21. The van der Waals surface area contributed by atoms with E-state index in [-0.39, 0.29) is 11.3 Å². The Morgan fingerprint density at radius 3 is 2.89 bits per heavy atom. The lowest BCUT2D eigenvalue weighted by molar-refractivity contribution is 0.323. The maximum Gasteiger partial charge on any atom is 0.314 e. The molecule has 1 heterocycles. The molecule has 0 N–H and O–H groups in total. The Balaban J connectivity index is 2.59. The quantitative estimate of drug-likeness (QED) is 0.807. The lowest BCUT2D eigenvalue weighted by Gasteiger charge is -2.10. The molecule has 19 heavy (non-hydrogen) atoms. The zero-order valence-corrected chi connectivity index (χ0v) is 11.4. The van der Waals surface area contributed by atoms with Gasteiger partial charge in [-0.2, -0.15) is 9.78 Å². The number of aromatic nitrogens is 2. The first-order valence-corrected chi connectivity index (χ1v) is 6.95. The Hall–Kier alpha value is -1.82. The van der Waals surface area contributed by atoms with Crippen molar-refractivity contribution in [1.82, 2.24) is 9.78 Å². The normalized spacial score (nSPS) is 10.5. The van der Waals surface area contributed by atoms with Crippen molar-refractivity contribution in [2.75, 3.05) is 12.9 Å². The summed E-state index contributed by atoms with van der Waals surface area (Å²) in [4.78, 5) is 13.0. The molecule has 0 bridgehead atoms. The van der Waals surface area contributed by atoms with Gasteiger partial charge in [-0.15, -0.1) is 11.8 Å². The van der Waals surface area contributed by atoms with Gasteiger partial charge in [-0.1, -0.05) is 6.07 Å². The lowest BCUT2D eigenvalue weighted by Crippen LogP contribution is -2.23. The van der Waals surface area contributed by atoms with Crippen molar-refractivity contribution in [3.05, 3.63) is 46.6 Å². The maximum absolute atomic E-state index is 13.2. The fraction of sp³-hybridized carbons (Fsp3) is 0.231. The van der Waals surface area contributed by atoms with Crippen molar-refractivity contribution in [3.8, 4) is 11.4 Å². The fourth-order valence-electron chi connectivity index (χ4n) is 1.64. The van der Waals surface area contributed by atoms with Gasteiger partial charge in [-0.3, -0.25) is 4.79 Å². The molecule has 0 fully saturated rings. The number of hydrogen-bond acceptors (Lipinski definition) is 4. The molecule has 4 nitrogen and oxygen atoms in total. The third-order valence-electron chi connectivity index (χ3n) is 2.46. The van der Waals surface area contributed by atoms with E-state index in [0.29, 0.717) is 17.2 Å². The number of nitrogens with zero attached hydrogens (tertiary/aromatic N) is 2. The first-order valence-electron chi connectivity index (χ1n) is 5.72. The third-order valence-corrected chi connectivity index (χ3v) is 3.19. The van der Waals surface area contributed by atoms with E-state index in [0.717, 1.165) is 4.68 Å². The van der Waals surface area contributed by atoms with Gasteiger partial charge in [0.2, 0.25) is 5.75 Å². The van der Waals surface area contributed by atoms with Crippen molar-refractivity contribution >= 4 is 11.8 Å². The molecule has 100 valence electrons. The molecule has 0 aliphatic rings. The maximum atomic E-state index is 13.2. The summed E-state index contributed by atoms with van der Waals surface area (Å²) in [5, 5.41) is 4.04. The van der Waals surface area contributed by atoms with Gasteiger partial charge in [-0.05, 0) is 31.4 Å². The highest BCUT2D eigenvalue weighted by molar-refractivity contribution is 7.98. The van der Waals surface area contributed by atoms with Crippen molar-refractivity contribution in [2.45, 2.75) is 11.8 Å². The summed E-state index contributed by atoms with van der Waals surface area (Å²) in [6.07, 6.45) is 3.38. The number of ether oxygens (including phenoxy) is 1. The highest BCUT2D eigenvalue weighted by atomic mass is 32.2. The van der Waals surface area contributed by atoms with E-state index >= 15 is 0 Å². The highest BCUT2D eigenvalue weighted by Crippen LogP contribution is 2.23. The fourth-order valence-corrected chi connectivity index (χ4v) is 2.12. The average Bonchev–Trinajstić information content (AvgIpc) is 2.41. The summed E-state index contributed by atoms with van der Waals surface area (Å²) < 4.78 is 19.7. The molecule has 0 aliphatic heterocycles. The second-order valence-corrected chi connectivity index (χ2v) is 4.52. The van der Waals surface area contributed by atoms with Gasteiger partial charge >= 0.3 is 5.56 Å². The van der Waals surface area contributed by atoms with Gasteiger partial charge in [0.15, 0.2) is 0 Å². The van der Waals surface area contributed by atoms with Gasteiger partial charge in [0, 0.05) is 0 Å². The predicted molar refractivity (Wildman–Crippen MR) is 72.7 cm³/mol. The molecule has 6 heteroatoms. The largest absolute Gasteiger partial charge is 0.487 e. The zero-order valence-electron chi connectivity index (χ0n) is 10.6. The first-order chi connectivity index (χ1) is 9.17. The molecule has 0 unspecified atom stereocenters. The standard InChI is InChI=1S/C13H13FN2O2S/c1-3-18-12-11(19-2)8-15-16(13(12)17)10-6-4-5-9(14)7-10/h4-8H,3H2,1-2H3. The number of benzene rings is 1. The van der Waals surface area contributed by atoms with Crippen LogP contribution in [0.3, 0.4) is 0 Å². The van der Waals surface area contributed by atoms with Crippen molar-refractivity contribution in [2.24, 2.45) is 0 Å². The molecule has 2 aromatic rings. The molecule has 0 saturated carbocycles. The number of thioether (sulfide) groups is 1. The third kappa shape index (κ3) is 2.78. The van der Waals surface area contributed by atoms with Gasteiger partial charge < -0.3 is 4.74 Å². The minimum absolute atomic E-state index is 0.245. The van der Waals surface area contributed by atoms with Crippen LogP contribution in [0.4, 0.5) is 4.39 Å². The monoisotopic (exact) mass is 280 g/mol. The Labute approximate surface area is 114 Å². The van der Waals surface area contributed by atoms with Gasteiger partial charge in [0.05, 0.1) is 23.4 Å². The number of rotatable bonds is 4. The van der Waals surface area contributed by atoms with E-state index in [1.165, 1.54) is 30.0 Å². The van der Waals surface area contributed by atoms with E-state index < -0.39 is 5.82 Å². The molecule has 1 aromatic heterocycles. The topological polar surface area (TPSA) is 44.1 Å². The van der Waals surface area contributed by atoms with Crippen LogP contribution in [0.1, 0.15) is 6.92 Å². The van der Waals surface area contributed by atoms with Crippen LogP contribution in [0.25, 0.3) is 5.69 Å². The van der Waals surface area contributed by atoms with Gasteiger partial charge in [0.1, 0.15) is 5.82 Å². The van der Waals surface area contributed by atoms with Gasteiger partial charge in [-0.25, -0.2) is 4.39 Å². The van der Waals surface area contributed by atoms with Crippen molar-refractivity contribution in [1.29, 1.82) is 0 Å². The number of halogens is 1. The molecule has 2 rings (SSSR count). The Morgan fingerprint density at radius 1 is 1.47 bits per heavy atom. The molecule has 0 atom stereocenters. The van der Waals surface area contributed by atoms with Crippen LogP contribution in [0, 0.1) is 5.82 Å². The van der Waals surface area contributed by atoms with Crippen LogP contribution in [0.15, 0.2) is 40.2 Å². The second-order valence-electron chi connectivity index (χ2n) is 3.67. The highest BCUT2D eigenvalue weighted by Gasteiger charge is 2.13. The summed E-state index contributed by atoms with van der Waals surface area (Å²) in [6, 6.07) is 5.71. The minimum Gasteiger partial charge on any atom is -0.487 e. The van der Waals surface area contributed by atoms with Crippen LogP contribution in [-0.4, -0.2) is 22.6 Å². The van der Waals surface area contributed by atoms with E-state index in [1.54, 1.807) is 19.2 Å². The smallest absolute Gasteiger partial charge is 0.314 e. The Bertz CT molecular complexity index is 643. The van der Waals surface area contributed by atoms with Crippen LogP contribution in [0.2, 0.25) is 0 Å². The molecule has 0 aliphatic carbocycles. The van der Waals surface area contributed by atoms with Crippen LogP contribution in [-0.2, 0) is 0 Å². The van der Waals surface area contributed by atoms with Crippen molar-refractivity contribution in [3.63, 3.8) is 0 Å². The van der Waals surface area contributed by atoms with E-state index in [4.69, 9.17) is 4.74 Å². The average molecular weight is 280 g/mol. The Morgan fingerprint density at radius 2 is 2.26 bits per heavy atom. The van der Waals surface area contributed by atoms with Crippen molar-refractivity contribution < 1.29 is 9.13 Å². The second kappa shape index (κ2) is 5.88.